The van der Waals surface area contributed by atoms with Crippen molar-refractivity contribution in [2.24, 2.45) is 13.0 Å². The van der Waals surface area contributed by atoms with Gasteiger partial charge in [-0.1, -0.05) is 30.3 Å². The number of para-hydroxylation sites is 1. The van der Waals surface area contributed by atoms with Crippen LogP contribution in [0, 0.1) is 12.8 Å². The lowest BCUT2D eigenvalue weighted by Crippen LogP contribution is -2.26. The molecule has 1 fully saturated rings. The van der Waals surface area contributed by atoms with Crippen LogP contribution in [-0.4, -0.2) is 32.5 Å². The largest absolute Gasteiger partial charge is 0.508 e. The molecule has 0 aliphatic carbocycles. The number of hydrogen-bond acceptors (Lipinski definition) is 3. The SMILES string of the molecule is Cc1c(CN2CCC(Cc3ccc(O)cc3)C2)c(=O)n(-c2ccccc2)n1C. The fourth-order valence-electron chi connectivity index (χ4n) is 4.22. The Bertz CT molecular complexity index is 1000. The molecule has 1 aromatic heterocycles. The molecule has 0 amide bonds. The smallest absolute Gasteiger partial charge is 0.276 e. The van der Waals surface area contributed by atoms with E-state index in [0.717, 1.165) is 42.9 Å². The number of likely N-dealkylation sites (tertiary alicyclic amines) is 1. The Morgan fingerprint density at radius 3 is 2.50 bits per heavy atom. The molecule has 2 heterocycles. The van der Waals surface area contributed by atoms with E-state index < -0.39 is 0 Å². The topological polar surface area (TPSA) is 50.4 Å². The minimum absolute atomic E-state index is 0.0770. The highest BCUT2D eigenvalue weighted by atomic mass is 16.3. The van der Waals surface area contributed by atoms with Crippen molar-refractivity contribution in [3.8, 4) is 11.4 Å². The fraction of sp³-hybridized carbons (Fsp3) is 0.348. The predicted octanol–water partition coefficient (Wildman–Crippen LogP) is 3.25. The maximum Gasteiger partial charge on any atom is 0.276 e. The standard InChI is InChI=1S/C23H27N3O2/c1-17-22(23(28)26(24(17)2)20-6-4-3-5-7-20)16-25-13-12-19(15-25)14-18-8-10-21(27)11-9-18/h3-11,19,27H,12-16H2,1-2H3. The summed E-state index contributed by atoms with van der Waals surface area (Å²) in [7, 11) is 1.95. The molecular weight excluding hydrogens is 350 g/mol. The quantitative estimate of drug-likeness (QED) is 0.743. The Balaban J connectivity index is 1.48. The van der Waals surface area contributed by atoms with Crippen molar-refractivity contribution in [1.29, 1.82) is 0 Å². The highest BCUT2D eigenvalue weighted by Crippen LogP contribution is 2.24. The van der Waals surface area contributed by atoms with Gasteiger partial charge in [0.05, 0.1) is 11.3 Å². The number of nitrogens with zero attached hydrogens (tertiary/aromatic N) is 3. The molecular formula is C23H27N3O2. The second kappa shape index (κ2) is 7.68. The highest BCUT2D eigenvalue weighted by Gasteiger charge is 2.25. The van der Waals surface area contributed by atoms with Crippen molar-refractivity contribution in [2.45, 2.75) is 26.3 Å². The molecule has 4 rings (SSSR count). The van der Waals surface area contributed by atoms with E-state index >= 15 is 0 Å². The number of rotatable bonds is 5. The average Bonchev–Trinajstić information content (AvgIpc) is 3.22. The van der Waals surface area contributed by atoms with Crippen LogP contribution in [0.3, 0.4) is 0 Å². The first-order valence-electron chi connectivity index (χ1n) is 9.86. The van der Waals surface area contributed by atoms with Crippen molar-refractivity contribution < 1.29 is 5.11 Å². The molecule has 2 aromatic carbocycles. The summed E-state index contributed by atoms with van der Waals surface area (Å²) in [6, 6.07) is 17.3. The van der Waals surface area contributed by atoms with Gasteiger partial charge in [-0.05, 0) is 62.1 Å². The number of hydrogen-bond donors (Lipinski definition) is 1. The summed E-state index contributed by atoms with van der Waals surface area (Å²) in [5.74, 6) is 0.899. The number of aromatic hydroxyl groups is 1. The van der Waals surface area contributed by atoms with E-state index in [9.17, 15) is 9.90 Å². The first-order chi connectivity index (χ1) is 13.5. The fourth-order valence-corrected chi connectivity index (χ4v) is 4.22. The lowest BCUT2D eigenvalue weighted by atomic mass is 9.99. The van der Waals surface area contributed by atoms with Gasteiger partial charge < -0.3 is 5.11 Å². The van der Waals surface area contributed by atoms with E-state index in [1.54, 1.807) is 16.8 Å². The molecule has 0 radical (unpaired) electrons. The molecule has 1 atom stereocenters. The zero-order chi connectivity index (χ0) is 19.7. The highest BCUT2D eigenvalue weighted by molar-refractivity contribution is 5.33. The number of phenols is 1. The molecule has 1 saturated heterocycles. The molecule has 1 unspecified atom stereocenters. The summed E-state index contributed by atoms with van der Waals surface area (Å²) in [6.45, 7) is 4.74. The van der Waals surface area contributed by atoms with Crippen molar-refractivity contribution in [3.63, 3.8) is 0 Å². The number of benzene rings is 2. The lowest BCUT2D eigenvalue weighted by molar-refractivity contribution is 0.314. The van der Waals surface area contributed by atoms with E-state index in [0.29, 0.717) is 18.2 Å². The van der Waals surface area contributed by atoms with E-state index in [2.05, 4.69) is 4.90 Å². The maximum absolute atomic E-state index is 13.1. The third kappa shape index (κ3) is 3.62. The van der Waals surface area contributed by atoms with Crippen LogP contribution in [0.4, 0.5) is 0 Å². The van der Waals surface area contributed by atoms with Crippen molar-refractivity contribution >= 4 is 0 Å². The van der Waals surface area contributed by atoms with Gasteiger partial charge in [0, 0.05) is 25.8 Å². The Morgan fingerprint density at radius 1 is 1.07 bits per heavy atom. The van der Waals surface area contributed by atoms with Gasteiger partial charge >= 0.3 is 0 Å². The Morgan fingerprint density at radius 2 is 1.79 bits per heavy atom. The van der Waals surface area contributed by atoms with Crippen LogP contribution in [0.5, 0.6) is 5.75 Å². The molecule has 3 aromatic rings. The van der Waals surface area contributed by atoms with E-state index in [4.69, 9.17) is 0 Å². The van der Waals surface area contributed by atoms with Crippen molar-refractivity contribution in [2.75, 3.05) is 13.1 Å². The summed E-state index contributed by atoms with van der Waals surface area (Å²) in [6.07, 6.45) is 2.15. The van der Waals surface area contributed by atoms with Crippen LogP contribution in [0.25, 0.3) is 5.69 Å². The van der Waals surface area contributed by atoms with Gasteiger partial charge in [-0.25, -0.2) is 4.68 Å². The second-order valence-electron chi connectivity index (χ2n) is 7.80. The molecule has 1 aliphatic rings. The first kappa shape index (κ1) is 18.6. The van der Waals surface area contributed by atoms with Gasteiger partial charge in [0.25, 0.3) is 5.56 Å². The molecule has 1 N–H and O–H groups in total. The minimum atomic E-state index is 0.0770. The Labute approximate surface area is 165 Å². The van der Waals surface area contributed by atoms with Gasteiger partial charge in [0.1, 0.15) is 5.75 Å². The second-order valence-corrected chi connectivity index (χ2v) is 7.80. The Kier molecular flexibility index (Phi) is 5.09. The third-order valence-corrected chi connectivity index (χ3v) is 5.89. The molecule has 1 aliphatic heterocycles. The van der Waals surface area contributed by atoms with Crippen LogP contribution >= 0.6 is 0 Å². The Hall–Kier alpha value is -2.79. The zero-order valence-electron chi connectivity index (χ0n) is 16.5. The van der Waals surface area contributed by atoms with Gasteiger partial charge in [-0.2, -0.15) is 0 Å². The van der Waals surface area contributed by atoms with Gasteiger partial charge in [-0.15, -0.1) is 0 Å². The van der Waals surface area contributed by atoms with Crippen molar-refractivity contribution in [3.05, 3.63) is 81.8 Å². The van der Waals surface area contributed by atoms with Crippen LogP contribution in [-0.2, 0) is 20.0 Å². The zero-order valence-corrected chi connectivity index (χ0v) is 16.5. The van der Waals surface area contributed by atoms with Crippen LogP contribution in [0.1, 0.15) is 23.2 Å². The maximum atomic E-state index is 13.1. The van der Waals surface area contributed by atoms with Crippen LogP contribution < -0.4 is 5.56 Å². The number of aromatic nitrogens is 2. The monoisotopic (exact) mass is 377 g/mol. The van der Waals surface area contributed by atoms with E-state index in [1.165, 1.54) is 5.56 Å². The third-order valence-electron chi connectivity index (χ3n) is 5.89. The molecule has 5 nitrogen and oxygen atoms in total. The normalized spacial score (nSPS) is 17.3. The van der Waals surface area contributed by atoms with Gasteiger partial charge in [0.15, 0.2) is 0 Å². The van der Waals surface area contributed by atoms with Crippen molar-refractivity contribution in [1.82, 2.24) is 14.3 Å². The molecule has 0 bridgehead atoms. The molecule has 0 spiro atoms. The summed E-state index contributed by atoms with van der Waals surface area (Å²) in [5, 5.41) is 9.44. The summed E-state index contributed by atoms with van der Waals surface area (Å²) in [5.41, 5.74) is 4.14. The summed E-state index contributed by atoms with van der Waals surface area (Å²) < 4.78 is 3.71. The predicted molar refractivity (Wildman–Crippen MR) is 111 cm³/mol. The first-order valence-corrected chi connectivity index (χ1v) is 9.86. The molecule has 0 saturated carbocycles. The number of phenolic OH excluding ortho intramolecular Hbond substituents is 1. The van der Waals surface area contributed by atoms with Gasteiger partial charge in [0.2, 0.25) is 0 Å². The lowest BCUT2D eigenvalue weighted by Gasteiger charge is -2.15. The van der Waals surface area contributed by atoms with E-state index in [-0.39, 0.29) is 5.56 Å². The van der Waals surface area contributed by atoms with Gasteiger partial charge in [-0.3, -0.25) is 14.4 Å². The average molecular weight is 377 g/mol. The summed E-state index contributed by atoms with van der Waals surface area (Å²) in [4.78, 5) is 15.5. The summed E-state index contributed by atoms with van der Waals surface area (Å²) >= 11 is 0. The molecule has 146 valence electrons. The van der Waals surface area contributed by atoms with Crippen LogP contribution in [0.2, 0.25) is 0 Å². The molecule has 5 heteroatoms. The minimum Gasteiger partial charge on any atom is -0.508 e. The molecule has 28 heavy (non-hydrogen) atoms. The van der Waals surface area contributed by atoms with Crippen LogP contribution in [0.15, 0.2) is 59.4 Å². The van der Waals surface area contributed by atoms with E-state index in [1.807, 2.05) is 61.1 Å².